The highest BCUT2D eigenvalue weighted by molar-refractivity contribution is 5.92. The molecule has 0 saturated carbocycles. The van der Waals surface area contributed by atoms with E-state index in [0.717, 1.165) is 47.9 Å². The predicted octanol–water partition coefficient (Wildman–Crippen LogP) is 2.28. The number of carbonyl (C=O) groups is 2. The van der Waals surface area contributed by atoms with Crippen molar-refractivity contribution in [3.05, 3.63) is 22.3 Å². The summed E-state index contributed by atoms with van der Waals surface area (Å²) in [5.74, 6) is 0.260. The Morgan fingerprint density at radius 3 is 2.33 bits per heavy atom. The number of aliphatic hydroxyl groups is 1. The van der Waals surface area contributed by atoms with Crippen LogP contribution in [0.4, 0.5) is 0 Å². The van der Waals surface area contributed by atoms with Gasteiger partial charge in [-0.15, -0.1) is 0 Å². The lowest BCUT2D eigenvalue weighted by Gasteiger charge is -2.37. The maximum absolute atomic E-state index is 13.1. The fourth-order valence-electron chi connectivity index (χ4n) is 4.42. The number of hydrogen-bond acceptors (Lipinski definition) is 5. The number of fused-ring (bicyclic) bond motifs is 1. The summed E-state index contributed by atoms with van der Waals surface area (Å²) >= 11 is 0. The Bertz CT molecular complexity index is 830. The average molecular weight is 419 g/mol. The van der Waals surface area contributed by atoms with Crippen molar-refractivity contribution in [2.45, 2.75) is 77.9 Å². The molecule has 0 aromatic heterocycles. The van der Waals surface area contributed by atoms with Crippen LogP contribution in [0.1, 0.15) is 61.3 Å². The van der Waals surface area contributed by atoms with E-state index in [9.17, 15) is 19.8 Å². The van der Waals surface area contributed by atoms with Gasteiger partial charge in [-0.3, -0.25) is 9.59 Å². The molecule has 3 rings (SSSR count). The number of amides is 2. The van der Waals surface area contributed by atoms with Gasteiger partial charge < -0.3 is 25.2 Å². The molecule has 2 aliphatic rings. The first-order valence-electron chi connectivity index (χ1n) is 10.9. The van der Waals surface area contributed by atoms with Gasteiger partial charge in [-0.2, -0.15) is 0 Å². The van der Waals surface area contributed by atoms with Crippen LogP contribution in [0.25, 0.3) is 0 Å². The van der Waals surface area contributed by atoms with E-state index in [1.165, 1.54) is 0 Å². The first-order chi connectivity index (χ1) is 14.2. The Labute approximate surface area is 178 Å². The molecule has 2 aliphatic heterocycles. The number of benzene rings is 1. The molecular weight excluding hydrogens is 384 g/mol. The number of aliphatic hydroxyl groups excluding tert-OH is 1. The molecule has 0 aliphatic carbocycles. The molecule has 0 bridgehead atoms. The minimum Gasteiger partial charge on any atom is -0.507 e. The smallest absolute Gasteiger partial charge is 0.264 e. The van der Waals surface area contributed by atoms with Crippen molar-refractivity contribution in [1.82, 2.24) is 10.2 Å². The van der Waals surface area contributed by atoms with Gasteiger partial charge in [0, 0.05) is 25.1 Å². The van der Waals surface area contributed by atoms with Crippen molar-refractivity contribution in [3.63, 3.8) is 0 Å². The van der Waals surface area contributed by atoms with Crippen molar-refractivity contribution in [2.75, 3.05) is 19.7 Å². The summed E-state index contributed by atoms with van der Waals surface area (Å²) < 4.78 is 6.19. The number of hydrogen-bond donors (Lipinski definition) is 3. The fourth-order valence-corrected chi connectivity index (χ4v) is 4.42. The number of carbonyl (C=O) groups excluding carboxylic acids is 2. The van der Waals surface area contributed by atoms with Crippen LogP contribution in [0.2, 0.25) is 0 Å². The number of nitrogens with zero attached hydrogens (tertiary/aromatic N) is 1. The van der Waals surface area contributed by atoms with Gasteiger partial charge in [0.05, 0.1) is 6.61 Å². The zero-order valence-electron chi connectivity index (χ0n) is 18.5. The molecule has 7 heteroatoms. The monoisotopic (exact) mass is 418 g/mol. The highest BCUT2D eigenvalue weighted by atomic mass is 16.5. The van der Waals surface area contributed by atoms with E-state index in [0.29, 0.717) is 31.7 Å². The summed E-state index contributed by atoms with van der Waals surface area (Å²) in [7, 11) is 0. The lowest BCUT2D eigenvalue weighted by Crippen LogP contribution is -2.58. The predicted molar refractivity (Wildman–Crippen MR) is 114 cm³/mol. The third kappa shape index (κ3) is 4.13. The molecule has 2 atom stereocenters. The van der Waals surface area contributed by atoms with Crippen LogP contribution in [0.3, 0.4) is 0 Å². The lowest BCUT2D eigenvalue weighted by atomic mass is 9.86. The quantitative estimate of drug-likeness (QED) is 0.697. The molecule has 1 fully saturated rings. The van der Waals surface area contributed by atoms with Gasteiger partial charge in [0.1, 0.15) is 17.5 Å². The average Bonchev–Trinajstić information content (AvgIpc) is 3.03. The maximum atomic E-state index is 13.1. The molecule has 1 aromatic rings. The molecule has 1 saturated heterocycles. The molecule has 2 heterocycles. The van der Waals surface area contributed by atoms with E-state index in [-0.39, 0.29) is 11.7 Å². The number of nitrogens with one attached hydrogen (secondary N) is 1. The molecule has 0 spiro atoms. The molecule has 3 N–H and O–H groups in total. The van der Waals surface area contributed by atoms with E-state index in [2.05, 4.69) is 5.32 Å². The van der Waals surface area contributed by atoms with Gasteiger partial charge in [-0.25, -0.2) is 0 Å². The molecule has 7 nitrogen and oxygen atoms in total. The standard InChI is InChI=1S/C23H34N2O5/c1-14-15(2)20-17(16(3)19(14)27)9-10-23(4,30-20)22(29)24-18(13-26)21(28)25-11-7-5-6-8-12-25/h18,26-27H,5-13H2,1-4H3,(H,24,29). The molecule has 0 radical (unpaired) electrons. The molecule has 30 heavy (non-hydrogen) atoms. The van der Waals surface area contributed by atoms with Crippen LogP contribution >= 0.6 is 0 Å². The summed E-state index contributed by atoms with van der Waals surface area (Å²) in [6.07, 6.45) is 5.09. The lowest BCUT2D eigenvalue weighted by molar-refractivity contribution is -0.143. The van der Waals surface area contributed by atoms with Gasteiger partial charge in [-0.1, -0.05) is 12.8 Å². The van der Waals surface area contributed by atoms with Crippen molar-refractivity contribution < 1.29 is 24.5 Å². The Kier molecular flexibility index (Phi) is 6.60. The molecule has 2 unspecified atom stereocenters. The highest BCUT2D eigenvalue weighted by Crippen LogP contribution is 2.43. The van der Waals surface area contributed by atoms with Crippen LogP contribution in [0, 0.1) is 20.8 Å². The third-order valence-electron chi connectivity index (χ3n) is 6.70. The largest absolute Gasteiger partial charge is 0.507 e. The van der Waals surface area contributed by atoms with Gasteiger partial charge in [-0.05, 0) is 63.6 Å². The van der Waals surface area contributed by atoms with Crippen LogP contribution in [0.5, 0.6) is 11.5 Å². The van der Waals surface area contributed by atoms with Gasteiger partial charge in [0.25, 0.3) is 5.91 Å². The number of rotatable bonds is 4. The summed E-state index contributed by atoms with van der Waals surface area (Å²) in [4.78, 5) is 27.7. The van der Waals surface area contributed by atoms with Crippen LogP contribution in [-0.4, -0.2) is 58.3 Å². The van der Waals surface area contributed by atoms with E-state index in [4.69, 9.17) is 4.74 Å². The van der Waals surface area contributed by atoms with Crippen LogP contribution in [-0.2, 0) is 16.0 Å². The van der Waals surface area contributed by atoms with E-state index < -0.39 is 24.2 Å². The Hall–Kier alpha value is -2.28. The summed E-state index contributed by atoms with van der Waals surface area (Å²) in [6.45, 7) is 8.15. The molecule has 1 aromatic carbocycles. The number of aromatic hydroxyl groups is 1. The fraction of sp³-hybridized carbons (Fsp3) is 0.652. The zero-order valence-corrected chi connectivity index (χ0v) is 18.5. The number of ether oxygens (including phenoxy) is 1. The SMILES string of the molecule is Cc1c(C)c2c(c(C)c1O)CCC(C)(C(=O)NC(CO)C(=O)N1CCCCCC1)O2. The molecular formula is C23H34N2O5. The van der Waals surface area contributed by atoms with Gasteiger partial charge in [0.2, 0.25) is 5.91 Å². The normalized spacial score (nSPS) is 22.5. The first-order valence-corrected chi connectivity index (χ1v) is 10.9. The maximum Gasteiger partial charge on any atom is 0.264 e. The van der Waals surface area contributed by atoms with E-state index >= 15 is 0 Å². The third-order valence-corrected chi connectivity index (χ3v) is 6.70. The van der Waals surface area contributed by atoms with Crippen LogP contribution in [0.15, 0.2) is 0 Å². The Morgan fingerprint density at radius 1 is 1.10 bits per heavy atom. The summed E-state index contributed by atoms with van der Waals surface area (Å²) in [5, 5.41) is 22.9. The summed E-state index contributed by atoms with van der Waals surface area (Å²) in [5.41, 5.74) is 2.09. The number of phenolic OH excluding ortho intramolecular Hbond substituents is 1. The molecule has 166 valence electrons. The topological polar surface area (TPSA) is 99.1 Å². The minimum absolute atomic E-state index is 0.236. The Morgan fingerprint density at radius 2 is 1.73 bits per heavy atom. The van der Waals surface area contributed by atoms with Crippen LogP contribution < -0.4 is 10.1 Å². The van der Waals surface area contributed by atoms with Crippen molar-refractivity contribution in [3.8, 4) is 11.5 Å². The van der Waals surface area contributed by atoms with E-state index in [1.807, 2.05) is 20.8 Å². The second-order valence-electron chi connectivity index (χ2n) is 8.81. The Balaban J connectivity index is 1.77. The second kappa shape index (κ2) is 8.84. The van der Waals surface area contributed by atoms with Gasteiger partial charge >= 0.3 is 0 Å². The number of phenols is 1. The zero-order chi connectivity index (χ0) is 22.1. The second-order valence-corrected chi connectivity index (χ2v) is 8.81. The first kappa shape index (κ1) is 22.4. The van der Waals surface area contributed by atoms with E-state index in [1.54, 1.807) is 11.8 Å². The van der Waals surface area contributed by atoms with Gasteiger partial charge in [0.15, 0.2) is 5.60 Å². The summed E-state index contributed by atoms with van der Waals surface area (Å²) in [6, 6.07) is -0.971. The van der Waals surface area contributed by atoms with Crippen molar-refractivity contribution in [2.24, 2.45) is 0 Å². The number of likely N-dealkylation sites (tertiary alicyclic amines) is 1. The highest BCUT2D eigenvalue weighted by Gasteiger charge is 2.42. The van der Waals surface area contributed by atoms with Crippen molar-refractivity contribution in [1.29, 1.82) is 0 Å². The minimum atomic E-state index is -1.15. The molecule has 2 amide bonds. The van der Waals surface area contributed by atoms with Crippen molar-refractivity contribution >= 4 is 11.8 Å².